The van der Waals surface area contributed by atoms with Crippen molar-refractivity contribution in [1.82, 2.24) is 9.21 Å². The van der Waals surface area contributed by atoms with Gasteiger partial charge in [-0.05, 0) is 111 Å². The number of rotatable bonds is 11. The molecule has 1 amide bonds. The second-order valence-corrected chi connectivity index (χ2v) is 16.4. The van der Waals surface area contributed by atoms with Gasteiger partial charge in [0.05, 0.1) is 6.61 Å². The smallest absolute Gasteiger partial charge is 0.410 e. The van der Waals surface area contributed by atoms with Crippen molar-refractivity contribution in [3.8, 4) is 5.75 Å². The lowest BCUT2D eigenvalue weighted by atomic mass is 9.91. The predicted octanol–water partition coefficient (Wildman–Crippen LogP) is 7.10. The van der Waals surface area contributed by atoms with E-state index in [0.717, 1.165) is 5.56 Å². The molecule has 0 radical (unpaired) electrons. The Morgan fingerprint density at radius 3 is 2.27 bits per heavy atom. The van der Waals surface area contributed by atoms with Crippen LogP contribution in [0.5, 0.6) is 5.75 Å². The lowest BCUT2D eigenvalue weighted by Gasteiger charge is -2.37. The van der Waals surface area contributed by atoms with Crippen molar-refractivity contribution in [2.75, 3.05) is 19.7 Å². The number of hydrogen-bond acceptors (Lipinski definition) is 7. The molecule has 2 atom stereocenters. The molecule has 0 bridgehead atoms. The molecule has 9 nitrogen and oxygen atoms in total. The molecule has 0 N–H and O–H groups in total. The maximum atomic E-state index is 13.8. The van der Waals surface area contributed by atoms with Crippen molar-refractivity contribution < 1.29 is 41.0 Å². The third-order valence-electron chi connectivity index (χ3n) is 7.94. The van der Waals surface area contributed by atoms with E-state index in [4.69, 9.17) is 14.2 Å². The molecule has 1 aliphatic heterocycles. The molecule has 1 aromatic carbocycles. The highest BCUT2D eigenvalue weighted by Gasteiger charge is 2.43. The number of alkyl halides is 2. The number of hydrogen-bond donors (Lipinski definition) is 0. The molecule has 2 aliphatic rings. The van der Waals surface area contributed by atoms with Crippen LogP contribution in [0.4, 0.5) is 13.6 Å². The Labute approximate surface area is 268 Å². The van der Waals surface area contributed by atoms with Crippen molar-refractivity contribution >= 4 is 22.1 Å². The normalized spacial score (nSPS) is 20.4. The number of benzene rings is 1. The summed E-state index contributed by atoms with van der Waals surface area (Å²) in [7, 11) is -4.06. The average molecular weight is 659 g/mol. The third-order valence-corrected chi connectivity index (χ3v) is 9.89. The number of aryl methyl sites for hydroxylation is 1. The summed E-state index contributed by atoms with van der Waals surface area (Å²) < 4.78 is 73.7. The number of amides is 1. The van der Waals surface area contributed by atoms with Crippen molar-refractivity contribution in [2.24, 2.45) is 5.92 Å². The van der Waals surface area contributed by atoms with Gasteiger partial charge in [0.15, 0.2) is 0 Å². The highest BCUT2D eigenvalue weighted by molar-refractivity contribution is 7.89. The summed E-state index contributed by atoms with van der Waals surface area (Å²) in [6.07, 6.45) is 1.63. The van der Waals surface area contributed by atoms with Crippen LogP contribution in [0.15, 0.2) is 23.1 Å². The fourth-order valence-corrected chi connectivity index (χ4v) is 7.47. The number of carbonyl (C=O) groups excluding carboxylic acids is 2. The van der Waals surface area contributed by atoms with E-state index in [-0.39, 0.29) is 61.4 Å². The van der Waals surface area contributed by atoms with Crippen LogP contribution in [0.2, 0.25) is 0 Å². The maximum Gasteiger partial charge on any atom is 0.410 e. The van der Waals surface area contributed by atoms with Gasteiger partial charge in [0.25, 0.3) is 0 Å². The van der Waals surface area contributed by atoms with Gasteiger partial charge in [0.1, 0.15) is 27.9 Å². The SMILES string of the molecule is Cc1ccc(S(=O)(=O)N2CCC[C@H]2C(=O)OC(C)(C)C)c(OC[C@H](C)CCCN(C(=O)OC(C)(C)C)C2CCC(F)(F)CC2)c1. The Morgan fingerprint density at radius 2 is 1.67 bits per heavy atom. The Bertz CT molecular complexity index is 1280. The summed E-state index contributed by atoms with van der Waals surface area (Å²) in [6.45, 7) is 15.2. The number of ether oxygens (including phenoxy) is 3. The van der Waals surface area contributed by atoms with Gasteiger partial charge in [-0.25, -0.2) is 22.0 Å². The topological polar surface area (TPSA) is 102 Å². The predicted molar refractivity (Wildman–Crippen MR) is 168 cm³/mol. The lowest BCUT2D eigenvalue weighted by molar-refractivity contribution is -0.158. The average Bonchev–Trinajstić information content (AvgIpc) is 3.40. The van der Waals surface area contributed by atoms with Gasteiger partial charge >= 0.3 is 12.1 Å². The van der Waals surface area contributed by atoms with Gasteiger partial charge in [-0.1, -0.05) is 13.0 Å². The van der Waals surface area contributed by atoms with Crippen LogP contribution in [-0.4, -0.2) is 78.6 Å². The zero-order valence-corrected chi connectivity index (χ0v) is 29.0. The number of carbonyl (C=O) groups is 2. The Kier molecular flexibility index (Phi) is 11.9. The zero-order valence-electron chi connectivity index (χ0n) is 28.2. The van der Waals surface area contributed by atoms with Crippen molar-refractivity contribution in [2.45, 2.75) is 141 Å². The largest absolute Gasteiger partial charge is 0.492 e. The second-order valence-electron chi connectivity index (χ2n) is 14.6. The number of esters is 1. The molecule has 1 aliphatic carbocycles. The Hall–Kier alpha value is -2.47. The molecule has 256 valence electrons. The van der Waals surface area contributed by atoms with Gasteiger partial charge in [-0.3, -0.25) is 4.79 Å². The molecule has 3 rings (SSSR count). The van der Waals surface area contributed by atoms with Crippen molar-refractivity contribution in [3.63, 3.8) is 0 Å². The molecule has 1 aromatic rings. The van der Waals surface area contributed by atoms with E-state index < -0.39 is 45.3 Å². The van der Waals surface area contributed by atoms with Crippen LogP contribution in [0, 0.1) is 12.8 Å². The van der Waals surface area contributed by atoms with Crippen molar-refractivity contribution in [1.29, 1.82) is 0 Å². The number of halogens is 2. The van der Waals surface area contributed by atoms with E-state index in [2.05, 4.69) is 0 Å². The van der Waals surface area contributed by atoms with Crippen LogP contribution >= 0.6 is 0 Å². The third kappa shape index (κ3) is 10.8. The minimum atomic E-state index is -4.06. The van der Waals surface area contributed by atoms with Gasteiger partial charge in [0, 0.05) is 32.0 Å². The molecule has 2 fully saturated rings. The summed E-state index contributed by atoms with van der Waals surface area (Å²) in [5, 5.41) is 0. The highest BCUT2D eigenvalue weighted by Crippen LogP contribution is 2.36. The first-order chi connectivity index (χ1) is 20.7. The molecule has 0 aromatic heterocycles. The molecule has 1 saturated heterocycles. The van der Waals surface area contributed by atoms with Crippen LogP contribution in [-0.2, 0) is 24.3 Å². The second kappa shape index (κ2) is 14.5. The fraction of sp³-hybridized carbons (Fsp3) is 0.758. The molecule has 0 spiro atoms. The zero-order chi connectivity index (χ0) is 33.8. The van der Waals surface area contributed by atoms with E-state index >= 15 is 0 Å². The van der Waals surface area contributed by atoms with Crippen LogP contribution in [0.3, 0.4) is 0 Å². The summed E-state index contributed by atoms with van der Waals surface area (Å²) in [5.41, 5.74) is -0.617. The van der Waals surface area contributed by atoms with E-state index in [0.29, 0.717) is 32.2 Å². The number of sulfonamides is 1. The molecular weight excluding hydrogens is 606 g/mol. The lowest BCUT2D eigenvalue weighted by Crippen LogP contribution is -2.46. The van der Waals surface area contributed by atoms with E-state index in [1.807, 2.05) is 13.8 Å². The fourth-order valence-electron chi connectivity index (χ4n) is 5.71. The Balaban J connectivity index is 1.66. The summed E-state index contributed by atoms with van der Waals surface area (Å²) in [6, 6.07) is 3.70. The molecule has 12 heteroatoms. The summed E-state index contributed by atoms with van der Waals surface area (Å²) in [5.74, 6) is -3.04. The van der Waals surface area contributed by atoms with Gasteiger partial charge in [0.2, 0.25) is 15.9 Å². The molecule has 1 saturated carbocycles. The highest BCUT2D eigenvalue weighted by atomic mass is 32.2. The number of nitrogens with zero attached hydrogens (tertiary/aromatic N) is 2. The van der Waals surface area contributed by atoms with Gasteiger partial charge < -0.3 is 19.1 Å². The van der Waals surface area contributed by atoms with E-state index in [9.17, 15) is 26.8 Å². The minimum absolute atomic E-state index is 0.000889. The summed E-state index contributed by atoms with van der Waals surface area (Å²) in [4.78, 5) is 27.5. The Morgan fingerprint density at radius 1 is 1.04 bits per heavy atom. The first kappa shape index (κ1) is 37.0. The summed E-state index contributed by atoms with van der Waals surface area (Å²) >= 11 is 0. The minimum Gasteiger partial charge on any atom is -0.492 e. The monoisotopic (exact) mass is 658 g/mol. The van der Waals surface area contributed by atoms with E-state index in [1.54, 1.807) is 58.6 Å². The first-order valence-corrected chi connectivity index (χ1v) is 17.5. The standard InChI is InChI=1S/C33H52F2N2O7S/c1-23-13-14-28(45(40,41)37-20-10-12-26(37)29(38)43-31(3,4)5)27(21-23)42-22-24(2)11-9-19-36(30(39)44-32(6,7)8)25-15-17-33(34,35)18-16-25/h13-14,21,24-26H,9-12,15-20,22H2,1-8H3/t24-,26+/m1/s1. The molecule has 0 unspecified atom stereocenters. The quantitative estimate of drug-likeness (QED) is 0.234. The van der Waals surface area contributed by atoms with Crippen LogP contribution in [0.1, 0.15) is 105 Å². The maximum absolute atomic E-state index is 13.8. The van der Waals surface area contributed by atoms with Crippen molar-refractivity contribution in [3.05, 3.63) is 23.8 Å². The molecule has 45 heavy (non-hydrogen) atoms. The van der Waals surface area contributed by atoms with Crippen LogP contribution < -0.4 is 4.74 Å². The van der Waals surface area contributed by atoms with E-state index in [1.165, 1.54) is 10.4 Å². The molecule has 1 heterocycles. The van der Waals surface area contributed by atoms with Crippen LogP contribution in [0.25, 0.3) is 0 Å². The first-order valence-electron chi connectivity index (χ1n) is 16.0. The van der Waals surface area contributed by atoms with Gasteiger partial charge in [-0.15, -0.1) is 0 Å². The molecular formula is C33H52F2N2O7S. The van der Waals surface area contributed by atoms with Gasteiger partial charge in [-0.2, -0.15) is 4.31 Å².